The van der Waals surface area contributed by atoms with Crippen LogP contribution < -0.4 is 9.04 Å². The lowest BCUT2D eigenvalue weighted by molar-refractivity contribution is 0.470. The Morgan fingerprint density at radius 2 is 1.59 bits per heavy atom. The van der Waals surface area contributed by atoms with E-state index in [2.05, 4.69) is 10.1 Å². The van der Waals surface area contributed by atoms with Gasteiger partial charge in [-0.2, -0.15) is 10.1 Å². The van der Waals surface area contributed by atoms with Crippen molar-refractivity contribution in [1.29, 1.82) is 0 Å². The number of hydrogen-bond donors (Lipinski definition) is 0. The Kier molecular flexibility index (Phi) is 4.79. The van der Waals surface area contributed by atoms with Gasteiger partial charge in [-0.1, -0.05) is 30.3 Å². The summed E-state index contributed by atoms with van der Waals surface area (Å²) in [4.78, 5) is 4.87. The minimum absolute atomic E-state index is 0.239. The molecular formula is C24H20N4O3S. The maximum Gasteiger partial charge on any atom is 0.264 e. The first-order chi connectivity index (χ1) is 15.4. The molecule has 0 aliphatic carbocycles. The van der Waals surface area contributed by atoms with E-state index in [4.69, 9.17) is 4.74 Å². The van der Waals surface area contributed by atoms with Crippen LogP contribution in [0.4, 0.5) is 5.69 Å². The van der Waals surface area contributed by atoms with Crippen molar-refractivity contribution in [3.63, 3.8) is 0 Å². The van der Waals surface area contributed by atoms with Crippen LogP contribution in [0, 0.1) is 6.92 Å². The van der Waals surface area contributed by atoms with Gasteiger partial charge in [0.15, 0.2) is 5.65 Å². The Bertz CT molecular complexity index is 1530. The molecule has 5 aromatic rings. The van der Waals surface area contributed by atoms with E-state index >= 15 is 0 Å². The second-order valence-corrected chi connectivity index (χ2v) is 9.34. The Labute approximate surface area is 185 Å². The van der Waals surface area contributed by atoms with Gasteiger partial charge in [0.05, 0.1) is 27.2 Å². The van der Waals surface area contributed by atoms with Crippen molar-refractivity contribution < 1.29 is 13.2 Å². The number of nitrogens with zero attached hydrogens (tertiary/aromatic N) is 4. The van der Waals surface area contributed by atoms with E-state index in [1.54, 1.807) is 59.1 Å². The number of aryl methyl sites for hydroxylation is 1. The molecule has 0 amide bonds. The minimum Gasteiger partial charge on any atom is -0.438 e. The molecule has 2 heterocycles. The highest BCUT2D eigenvalue weighted by Gasteiger charge is 2.21. The van der Waals surface area contributed by atoms with Gasteiger partial charge >= 0.3 is 0 Å². The lowest BCUT2D eigenvalue weighted by Gasteiger charge is -2.19. The summed E-state index contributed by atoms with van der Waals surface area (Å²) in [6, 6.07) is 24.9. The molecule has 8 heteroatoms. The molecule has 0 aliphatic rings. The maximum atomic E-state index is 12.9. The predicted molar refractivity (Wildman–Crippen MR) is 124 cm³/mol. The Hall–Kier alpha value is -3.91. The van der Waals surface area contributed by atoms with Gasteiger partial charge in [0.2, 0.25) is 5.88 Å². The number of hydrogen-bond acceptors (Lipinski definition) is 5. The van der Waals surface area contributed by atoms with E-state index in [0.717, 1.165) is 16.6 Å². The zero-order valence-corrected chi connectivity index (χ0v) is 18.3. The highest BCUT2D eigenvalue weighted by atomic mass is 32.2. The van der Waals surface area contributed by atoms with Crippen molar-refractivity contribution in [3.05, 3.63) is 90.6 Å². The number of benzene rings is 3. The van der Waals surface area contributed by atoms with Gasteiger partial charge in [-0.15, -0.1) is 0 Å². The SMILES string of the molecule is Cc1cc2nc(Oc3ccc(N(C)S(=O)(=O)c4ccccc4)cc3)c3ccccc3n2n1. The highest BCUT2D eigenvalue weighted by molar-refractivity contribution is 7.92. The number of rotatable bonds is 5. The normalized spacial score (nSPS) is 11.7. The van der Waals surface area contributed by atoms with Crippen molar-refractivity contribution in [2.24, 2.45) is 0 Å². The van der Waals surface area contributed by atoms with Gasteiger partial charge in [-0.05, 0) is 55.5 Å². The van der Waals surface area contributed by atoms with Crippen LogP contribution in [0.3, 0.4) is 0 Å². The molecular weight excluding hydrogens is 424 g/mol. The summed E-state index contributed by atoms with van der Waals surface area (Å²) >= 11 is 0. The molecule has 0 saturated carbocycles. The fraction of sp³-hybridized carbons (Fsp3) is 0.0833. The van der Waals surface area contributed by atoms with Crippen LogP contribution in [0.25, 0.3) is 16.6 Å². The van der Waals surface area contributed by atoms with Crippen LogP contribution in [-0.4, -0.2) is 30.1 Å². The van der Waals surface area contributed by atoms with E-state index in [1.807, 2.05) is 37.3 Å². The summed E-state index contributed by atoms with van der Waals surface area (Å²) in [5.74, 6) is 1.02. The fourth-order valence-electron chi connectivity index (χ4n) is 3.55. The molecule has 7 nitrogen and oxygen atoms in total. The van der Waals surface area contributed by atoms with E-state index < -0.39 is 10.0 Å². The molecule has 32 heavy (non-hydrogen) atoms. The first-order valence-electron chi connectivity index (χ1n) is 10.0. The van der Waals surface area contributed by atoms with Crippen LogP contribution in [0.15, 0.2) is 89.8 Å². The van der Waals surface area contributed by atoms with Crippen molar-refractivity contribution in [2.75, 3.05) is 11.4 Å². The first-order valence-corrected chi connectivity index (χ1v) is 11.4. The molecule has 5 rings (SSSR count). The molecule has 0 radical (unpaired) electrons. The fourth-order valence-corrected chi connectivity index (χ4v) is 4.77. The number of sulfonamides is 1. The Morgan fingerprint density at radius 1 is 0.906 bits per heavy atom. The second-order valence-electron chi connectivity index (χ2n) is 7.37. The molecule has 2 aromatic heterocycles. The molecule has 0 saturated heterocycles. The maximum absolute atomic E-state index is 12.9. The van der Waals surface area contributed by atoms with Gasteiger partial charge in [0.1, 0.15) is 5.75 Å². The average molecular weight is 445 g/mol. The second kappa shape index (κ2) is 7.65. The molecule has 0 spiro atoms. The average Bonchev–Trinajstić information content (AvgIpc) is 3.20. The summed E-state index contributed by atoms with van der Waals surface area (Å²) in [6.45, 7) is 1.92. The van der Waals surface area contributed by atoms with Crippen LogP contribution in [0.2, 0.25) is 0 Å². The third kappa shape index (κ3) is 3.44. The number of aromatic nitrogens is 3. The lowest BCUT2D eigenvalue weighted by atomic mass is 10.2. The molecule has 0 bridgehead atoms. The van der Waals surface area contributed by atoms with E-state index in [0.29, 0.717) is 23.0 Å². The van der Waals surface area contributed by atoms with Crippen molar-refractivity contribution in [3.8, 4) is 11.6 Å². The van der Waals surface area contributed by atoms with Gasteiger partial charge in [-0.25, -0.2) is 12.9 Å². The van der Waals surface area contributed by atoms with Crippen LogP contribution >= 0.6 is 0 Å². The molecule has 0 fully saturated rings. The van der Waals surface area contributed by atoms with E-state index in [-0.39, 0.29) is 4.90 Å². The largest absolute Gasteiger partial charge is 0.438 e. The monoisotopic (exact) mass is 444 g/mol. The Morgan fingerprint density at radius 3 is 2.34 bits per heavy atom. The topological polar surface area (TPSA) is 76.8 Å². The predicted octanol–water partition coefficient (Wildman–Crippen LogP) is 4.81. The quantitative estimate of drug-likeness (QED) is 0.389. The number of anilines is 1. The van der Waals surface area contributed by atoms with Gasteiger partial charge in [-0.3, -0.25) is 4.31 Å². The zero-order chi connectivity index (χ0) is 22.3. The molecule has 0 N–H and O–H groups in total. The Balaban J connectivity index is 1.47. The summed E-state index contributed by atoms with van der Waals surface area (Å²) in [7, 11) is -2.11. The lowest BCUT2D eigenvalue weighted by Crippen LogP contribution is -2.26. The molecule has 0 atom stereocenters. The van der Waals surface area contributed by atoms with Crippen LogP contribution in [0.1, 0.15) is 5.69 Å². The van der Waals surface area contributed by atoms with E-state index in [9.17, 15) is 8.42 Å². The van der Waals surface area contributed by atoms with Crippen molar-refractivity contribution >= 4 is 32.3 Å². The number of para-hydroxylation sites is 1. The van der Waals surface area contributed by atoms with Crippen molar-refractivity contribution in [1.82, 2.24) is 14.6 Å². The summed E-state index contributed by atoms with van der Waals surface area (Å²) in [5, 5.41) is 5.33. The van der Waals surface area contributed by atoms with Crippen LogP contribution in [0.5, 0.6) is 11.6 Å². The molecule has 160 valence electrons. The van der Waals surface area contributed by atoms with E-state index in [1.165, 1.54) is 11.4 Å². The number of fused-ring (bicyclic) bond motifs is 3. The van der Waals surface area contributed by atoms with Gasteiger partial charge in [0, 0.05) is 13.1 Å². The summed E-state index contributed by atoms with van der Waals surface area (Å²) < 4.78 is 34.9. The standard InChI is InChI=1S/C24H20N4O3S/c1-17-16-23-25-24(21-10-6-7-11-22(21)28(23)26-17)31-19-14-12-18(13-15-19)27(2)32(29,30)20-8-4-3-5-9-20/h3-16H,1-2H3. The minimum atomic E-state index is -3.64. The van der Waals surface area contributed by atoms with Gasteiger partial charge in [0.25, 0.3) is 10.0 Å². The summed E-state index contributed by atoms with van der Waals surface area (Å²) in [6.07, 6.45) is 0. The third-order valence-corrected chi connectivity index (χ3v) is 7.01. The molecule has 0 aliphatic heterocycles. The number of ether oxygens (including phenoxy) is 1. The van der Waals surface area contributed by atoms with Crippen LogP contribution in [-0.2, 0) is 10.0 Å². The zero-order valence-electron chi connectivity index (χ0n) is 17.5. The smallest absolute Gasteiger partial charge is 0.264 e. The highest BCUT2D eigenvalue weighted by Crippen LogP contribution is 2.31. The summed E-state index contributed by atoms with van der Waals surface area (Å²) in [5.41, 5.74) is 2.99. The first kappa shape index (κ1) is 20.0. The van der Waals surface area contributed by atoms with Crippen molar-refractivity contribution in [2.45, 2.75) is 11.8 Å². The molecule has 3 aromatic carbocycles. The molecule has 0 unspecified atom stereocenters. The third-order valence-electron chi connectivity index (χ3n) is 5.21. The van der Waals surface area contributed by atoms with Gasteiger partial charge < -0.3 is 4.74 Å².